The molecule has 0 aromatic heterocycles. The molecule has 4 heteroatoms. The summed E-state index contributed by atoms with van der Waals surface area (Å²) in [4.78, 5) is 5.12. The van der Waals surface area contributed by atoms with Gasteiger partial charge in [-0.2, -0.15) is 0 Å². The Balaban J connectivity index is 2.33. The molecule has 2 unspecified atom stereocenters. The Kier molecular flexibility index (Phi) is 10.3. The predicted octanol–water partition coefficient (Wildman–Crippen LogP) is 2.05. The van der Waals surface area contributed by atoms with Crippen LogP contribution in [-0.4, -0.2) is 74.9 Å². The van der Waals surface area contributed by atoms with E-state index in [1.54, 1.807) is 0 Å². The van der Waals surface area contributed by atoms with E-state index in [4.69, 9.17) is 4.74 Å². The molecule has 0 amide bonds. The van der Waals surface area contributed by atoms with Gasteiger partial charge in [-0.1, -0.05) is 27.7 Å². The van der Waals surface area contributed by atoms with Gasteiger partial charge < -0.3 is 19.9 Å². The zero-order valence-electron chi connectivity index (χ0n) is 14.7. The molecule has 1 N–H and O–H groups in total. The molecular weight excluding hydrogens is 262 g/mol. The first-order chi connectivity index (χ1) is 10.2. The van der Waals surface area contributed by atoms with Gasteiger partial charge in [0.2, 0.25) is 0 Å². The summed E-state index contributed by atoms with van der Waals surface area (Å²) >= 11 is 0. The van der Waals surface area contributed by atoms with E-state index in [1.807, 2.05) is 0 Å². The van der Waals surface area contributed by atoms with Crippen LogP contribution in [0.3, 0.4) is 0 Å². The third kappa shape index (κ3) is 7.09. The first kappa shape index (κ1) is 18.9. The van der Waals surface area contributed by atoms with Gasteiger partial charge in [-0.15, -0.1) is 0 Å². The van der Waals surface area contributed by atoms with Crippen LogP contribution in [0.2, 0.25) is 0 Å². The van der Waals surface area contributed by atoms with Crippen molar-refractivity contribution in [3.63, 3.8) is 0 Å². The van der Waals surface area contributed by atoms with Crippen LogP contribution < -0.4 is 5.32 Å². The molecule has 1 aliphatic heterocycles. The molecule has 126 valence electrons. The lowest BCUT2D eigenvalue weighted by Gasteiger charge is -2.35. The highest BCUT2D eigenvalue weighted by Gasteiger charge is 2.26. The predicted molar refractivity (Wildman–Crippen MR) is 90.9 cm³/mol. The highest BCUT2D eigenvalue weighted by atomic mass is 16.5. The van der Waals surface area contributed by atoms with E-state index in [0.29, 0.717) is 12.0 Å². The highest BCUT2D eigenvalue weighted by molar-refractivity contribution is 4.81. The van der Waals surface area contributed by atoms with Gasteiger partial charge in [0.15, 0.2) is 0 Å². The molecule has 0 aromatic rings. The van der Waals surface area contributed by atoms with E-state index in [-0.39, 0.29) is 0 Å². The third-order valence-corrected chi connectivity index (χ3v) is 4.72. The van der Waals surface area contributed by atoms with Gasteiger partial charge in [-0.3, -0.25) is 0 Å². The van der Waals surface area contributed by atoms with Crippen molar-refractivity contribution in [3.8, 4) is 0 Å². The van der Waals surface area contributed by atoms with Crippen molar-refractivity contribution in [3.05, 3.63) is 0 Å². The molecule has 1 saturated heterocycles. The molecule has 0 aliphatic carbocycles. The van der Waals surface area contributed by atoms with Gasteiger partial charge in [0.05, 0.1) is 6.61 Å². The Morgan fingerprint density at radius 2 is 1.67 bits per heavy atom. The van der Waals surface area contributed by atoms with Crippen LogP contribution in [0.4, 0.5) is 0 Å². The van der Waals surface area contributed by atoms with Crippen molar-refractivity contribution in [2.45, 2.75) is 46.6 Å². The molecule has 0 radical (unpaired) electrons. The van der Waals surface area contributed by atoms with E-state index in [2.05, 4.69) is 42.8 Å². The minimum Gasteiger partial charge on any atom is -0.381 e. The van der Waals surface area contributed by atoms with Gasteiger partial charge in [-0.05, 0) is 52.1 Å². The second kappa shape index (κ2) is 11.4. The van der Waals surface area contributed by atoms with Crippen LogP contribution in [-0.2, 0) is 4.74 Å². The van der Waals surface area contributed by atoms with Crippen molar-refractivity contribution in [1.29, 1.82) is 0 Å². The van der Waals surface area contributed by atoms with Crippen LogP contribution in [0.25, 0.3) is 0 Å². The van der Waals surface area contributed by atoms with Crippen LogP contribution >= 0.6 is 0 Å². The molecule has 0 bridgehead atoms. The highest BCUT2D eigenvalue weighted by Crippen LogP contribution is 2.16. The zero-order chi connectivity index (χ0) is 15.5. The van der Waals surface area contributed by atoms with Crippen LogP contribution in [0.15, 0.2) is 0 Å². The fourth-order valence-corrected chi connectivity index (χ4v) is 3.28. The van der Waals surface area contributed by atoms with E-state index in [0.717, 1.165) is 32.7 Å². The second-order valence-corrected chi connectivity index (χ2v) is 6.06. The number of hydrogen-bond donors (Lipinski definition) is 1. The van der Waals surface area contributed by atoms with Crippen molar-refractivity contribution in [1.82, 2.24) is 15.1 Å². The standard InChI is InChI=1S/C17H37N3O/c1-5-18-17-10-13-21-15-16(17)14-20(8-4)12-9-11-19(6-2)7-3/h16-18H,5-15H2,1-4H3. The lowest BCUT2D eigenvalue weighted by molar-refractivity contribution is 0.0172. The number of rotatable bonds is 11. The van der Waals surface area contributed by atoms with Crippen LogP contribution in [0.5, 0.6) is 0 Å². The average Bonchev–Trinajstić information content (AvgIpc) is 2.52. The van der Waals surface area contributed by atoms with E-state index in [1.165, 1.54) is 39.1 Å². The smallest absolute Gasteiger partial charge is 0.0521 e. The SMILES string of the molecule is CCNC1CCOCC1CN(CC)CCCN(CC)CC. The van der Waals surface area contributed by atoms with E-state index >= 15 is 0 Å². The number of nitrogens with one attached hydrogen (secondary N) is 1. The Morgan fingerprint density at radius 3 is 2.29 bits per heavy atom. The van der Waals surface area contributed by atoms with Gasteiger partial charge in [0, 0.05) is 25.1 Å². The Bertz CT molecular complexity index is 244. The number of ether oxygens (including phenoxy) is 1. The normalized spacial score (nSPS) is 23.1. The molecule has 1 heterocycles. The minimum atomic E-state index is 0.639. The summed E-state index contributed by atoms with van der Waals surface area (Å²) in [6.45, 7) is 19.0. The first-order valence-electron chi connectivity index (χ1n) is 9.00. The molecule has 2 atom stereocenters. The van der Waals surface area contributed by atoms with Crippen molar-refractivity contribution >= 4 is 0 Å². The third-order valence-electron chi connectivity index (χ3n) is 4.72. The molecule has 1 rings (SSSR count). The molecule has 1 aliphatic rings. The Morgan fingerprint density at radius 1 is 1.00 bits per heavy atom. The summed E-state index contributed by atoms with van der Waals surface area (Å²) in [5.74, 6) is 0.645. The summed E-state index contributed by atoms with van der Waals surface area (Å²) in [6.07, 6.45) is 2.43. The van der Waals surface area contributed by atoms with Crippen molar-refractivity contribution in [2.75, 3.05) is 59.0 Å². The number of hydrogen-bond acceptors (Lipinski definition) is 4. The molecule has 0 saturated carbocycles. The summed E-state index contributed by atoms with van der Waals surface area (Å²) < 4.78 is 5.71. The Labute approximate surface area is 132 Å². The number of nitrogens with zero attached hydrogens (tertiary/aromatic N) is 2. The summed E-state index contributed by atoms with van der Waals surface area (Å²) in [5.41, 5.74) is 0. The summed E-state index contributed by atoms with van der Waals surface area (Å²) in [7, 11) is 0. The lowest BCUT2D eigenvalue weighted by atomic mass is 9.95. The quantitative estimate of drug-likeness (QED) is 0.632. The van der Waals surface area contributed by atoms with Gasteiger partial charge >= 0.3 is 0 Å². The fourth-order valence-electron chi connectivity index (χ4n) is 3.28. The first-order valence-corrected chi connectivity index (χ1v) is 9.00. The molecule has 0 aromatic carbocycles. The molecule has 21 heavy (non-hydrogen) atoms. The molecule has 1 fully saturated rings. The largest absolute Gasteiger partial charge is 0.381 e. The maximum atomic E-state index is 5.71. The fraction of sp³-hybridized carbons (Fsp3) is 1.00. The molecular formula is C17H37N3O. The molecule has 0 spiro atoms. The minimum absolute atomic E-state index is 0.639. The zero-order valence-corrected chi connectivity index (χ0v) is 14.7. The maximum Gasteiger partial charge on any atom is 0.0521 e. The monoisotopic (exact) mass is 299 g/mol. The Hall–Kier alpha value is -0.160. The van der Waals surface area contributed by atoms with Gasteiger partial charge in [0.1, 0.15) is 0 Å². The topological polar surface area (TPSA) is 27.7 Å². The lowest BCUT2D eigenvalue weighted by Crippen LogP contribution is -2.48. The van der Waals surface area contributed by atoms with Crippen LogP contribution in [0, 0.1) is 5.92 Å². The van der Waals surface area contributed by atoms with Crippen molar-refractivity contribution in [2.24, 2.45) is 5.92 Å². The molecule has 4 nitrogen and oxygen atoms in total. The maximum absolute atomic E-state index is 5.71. The van der Waals surface area contributed by atoms with Gasteiger partial charge in [0.25, 0.3) is 0 Å². The van der Waals surface area contributed by atoms with E-state index < -0.39 is 0 Å². The summed E-state index contributed by atoms with van der Waals surface area (Å²) in [5, 5.41) is 3.64. The van der Waals surface area contributed by atoms with Gasteiger partial charge in [-0.25, -0.2) is 0 Å². The average molecular weight is 300 g/mol. The second-order valence-electron chi connectivity index (χ2n) is 6.06. The summed E-state index contributed by atoms with van der Waals surface area (Å²) in [6, 6.07) is 0.639. The van der Waals surface area contributed by atoms with E-state index in [9.17, 15) is 0 Å². The van der Waals surface area contributed by atoms with Crippen LogP contribution in [0.1, 0.15) is 40.5 Å². The van der Waals surface area contributed by atoms with Crippen molar-refractivity contribution < 1.29 is 4.74 Å².